The van der Waals surface area contributed by atoms with Gasteiger partial charge in [0.25, 0.3) is 0 Å². The van der Waals surface area contributed by atoms with E-state index in [1.807, 2.05) is 11.3 Å². The van der Waals surface area contributed by atoms with Crippen LogP contribution in [0, 0.1) is 11.8 Å². The molecule has 2 aromatic rings. The number of hydrogen-bond donors (Lipinski definition) is 1. The molecule has 33 heavy (non-hydrogen) atoms. The van der Waals surface area contributed by atoms with Crippen LogP contribution in [0.3, 0.4) is 0 Å². The zero-order valence-electron chi connectivity index (χ0n) is 19.3. The lowest BCUT2D eigenvalue weighted by Crippen LogP contribution is -2.61. The maximum absolute atomic E-state index is 5.15. The van der Waals surface area contributed by atoms with E-state index in [4.69, 9.17) is 4.98 Å². The Labute approximate surface area is 220 Å². The van der Waals surface area contributed by atoms with Gasteiger partial charge in [0.15, 0.2) is 5.13 Å². The topological polar surface area (TPSA) is 31.4 Å². The summed E-state index contributed by atoms with van der Waals surface area (Å²) in [4.78, 5) is 10.6. The van der Waals surface area contributed by atoms with Crippen LogP contribution < -0.4 is 10.2 Å². The highest BCUT2D eigenvalue weighted by molar-refractivity contribution is 7.22. The minimum absolute atomic E-state index is 0. The van der Waals surface area contributed by atoms with Gasteiger partial charge in [-0.3, -0.25) is 4.90 Å². The number of likely N-dealkylation sites (tertiary alicyclic amines) is 1. The first-order valence-electron chi connectivity index (χ1n) is 12.4. The van der Waals surface area contributed by atoms with Crippen LogP contribution in [0.25, 0.3) is 10.2 Å². The number of piperazine rings is 1. The number of anilines is 1. The maximum Gasteiger partial charge on any atom is 0.186 e. The number of piperidine rings is 1. The number of aromatic nitrogens is 1. The molecule has 3 heterocycles. The van der Waals surface area contributed by atoms with Crippen LogP contribution in [0.1, 0.15) is 56.1 Å². The number of nitrogens with one attached hydrogen (secondary N) is 1. The molecule has 1 aromatic heterocycles. The molecule has 0 unspecified atom stereocenters. The van der Waals surface area contributed by atoms with Gasteiger partial charge in [0.1, 0.15) is 0 Å². The molecule has 0 spiro atoms. The number of thiazole rings is 1. The Morgan fingerprint density at radius 1 is 1.00 bits per heavy atom. The Hall–Kier alpha value is -0.300. The van der Waals surface area contributed by atoms with Crippen molar-refractivity contribution < 1.29 is 0 Å². The molecule has 7 rings (SSSR count). The molecule has 2 aliphatic heterocycles. The van der Waals surface area contributed by atoms with Crippen LogP contribution in [0.2, 0.25) is 0 Å². The van der Waals surface area contributed by atoms with Crippen LogP contribution in [-0.4, -0.2) is 55.2 Å². The van der Waals surface area contributed by atoms with Gasteiger partial charge < -0.3 is 10.2 Å². The number of hydrogen-bond acceptors (Lipinski definition) is 5. The highest BCUT2D eigenvalue weighted by atomic mass is 35.5. The smallest absolute Gasteiger partial charge is 0.186 e. The monoisotopic (exact) mass is 530 g/mol. The van der Waals surface area contributed by atoms with Crippen molar-refractivity contribution in [1.29, 1.82) is 0 Å². The molecule has 1 N–H and O–H groups in total. The van der Waals surface area contributed by atoms with Crippen LogP contribution in [0.5, 0.6) is 0 Å². The number of rotatable bonds is 3. The van der Waals surface area contributed by atoms with E-state index < -0.39 is 0 Å². The molecule has 4 nitrogen and oxygen atoms in total. The van der Waals surface area contributed by atoms with E-state index >= 15 is 0 Å². The van der Waals surface area contributed by atoms with Gasteiger partial charge in [0.2, 0.25) is 0 Å². The van der Waals surface area contributed by atoms with Crippen molar-refractivity contribution >= 4 is 63.9 Å². The predicted molar refractivity (Wildman–Crippen MR) is 146 cm³/mol. The number of fused-ring (bicyclic) bond motifs is 2. The molecular weight excluding hydrogens is 495 g/mol. The molecule has 2 bridgehead atoms. The second-order valence-electron chi connectivity index (χ2n) is 10.7. The van der Waals surface area contributed by atoms with Crippen molar-refractivity contribution in [2.75, 3.05) is 44.2 Å². The van der Waals surface area contributed by atoms with Crippen molar-refractivity contribution in [1.82, 2.24) is 15.2 Å². The predicted octanol–water partition coefficient (Wildman–Crippen LogP) is 5.44. The minimum atomic E-state index is 0. The van der Waals surface area contributed by atoms with E-state index in [2.05, 4.69) is 27.2 Å². The summed E-state index contributed by atoms with van der Waals surface area (Å²) in [5.41, 5.74) is 5.09. The van der Waals surface area contributed by atoms with Crippen molar-refractivity contribution in [2.45, 2.75) is 62.8 Å². The summed E-state index contributed by atoms with van der Waals surface area (Å²) in [6.07, 6.45) is 11.4. The summed E-state index contributed by atoms with van der Waals surface area (Å²) in [5, 5.41) is 4.71. The maximum atomic E-state index is 5.15. The largest absolute Gasteiger partial charge is 0.346 e. The summed E-state index contributed by atoms with van der Waals surface area (Å²) < 4.78 is 1.42. The van der Waals surface area contributed by atoms with Crippen LogP contribution in [0.4, 0.5) is 5.13 Å². The van der Waals surface area contributed by atoms with E-state index in [1.54, 1.807) is 11.1 Å². The van der Waals surface area contributed by atoms with E-state index in [9.17, 15) is 0 Å². The Morgan fingerprint density at radius 2 is 1.82 bits per heavy atom. The lowest BCUT2D eigenvalue weighted by atomic mass is 9.52. The third kappa shape index (κ3) is 4.29. The van der Waals surface area contributed by atoms with Crippen molar-refractivity contribution in [2.24, 2.45) is 11.8 Å². The first kappa shape index (κ1) is 25.8. The number of benzene rings is 1. The normalized spacial score (nSPS) is 31.0. The van der Waals surface area contributed by atoms with Crippen molar-refractivity contribution in [3.8, 4) is 0 Å². The van der Waals surface area contributed by atoms with E-state index in [-0.39, 0.29) is 37.2 Å². The average molecular weight is 532 g/mol. The zero-order chi connectivity index (χ0) is 19.7. The summed E-state index contributed by atoms with van der Waals surface area (Å²) in [6.45, 7) is 7.04. The fraction of sp³-hybridized carbons (Fsp3) is 0.720. The second-order valence-corrected chi connectivity index (χ2v) is 11.7. The second kappa shape index (κ2) is 9.99. The summed E-state index contributed by atoms with van der Waals surface area (Å²) in [6, 6.07) is 5.91. The third-order valence-corrected chi connectivity index (χ3v) is 10.1. The molecule has 5 aliphatic rings. The molecule has 1 aromatic carbocycles. The standard InChI is InChI=1S/C25H34N4S.3ClH/c1-2-6-25-7-10-29(16-17-4-5-17)22(19(25)3-1)13-18-14-23-21(15-20(18)25)27-24(30-23)28-11-8-26-9-12-28;;;/h14-15,17,19,22,26H,1-13,16H2;3*1H/t19-,22+,25+;;;/m0.../s1. The van der Waals surface area contributed by atoms with Gasteiger partial charge in [-0.25, -0.2) is 4.98 Å². The first-order valence-corrected chi connectivity index (χ1v) is 13.3. The van der Waals surface area contributed by atoms with E-state index in [0.29, 0.717) is 5.41 Å². The van der Waals surface area contributed by atoms with Crippen LogP contribution in [0.15, 0.2) is 12.1 Å². The van der Waals surface area contributed by atoms with Gasteiger partial charge in [-0.2, -0.15) is 0 Å². The van der Waals surface area contributed by atoms with Crippen LogP contribution >= 0.6 is 48.6 Å². The fourth-order valence-electron chi connectivity index (χ4n) is 7.35. The quantitative estimate of drug-likeness (QED) is 0.571. The van der Waals surface area contributed by atoms with Gasteiger partial charge in [-0.1, -0.05) is 24.2 Å². The van der Waals surface area contributed by atoms with Gasteiger partial charge in [0, 0.05) is 44.2 Å². The number of halogens is 3. The van der Waals surface area contributed by atoms with Gasteiger partial charge in [-0.15, -0.1) is 37.2 Å². The minimum Gasteiger partial charge on any atom is -0.346 e. The lowest BCUT2D eigenvalue weighted by Gasteiger charge is -2.59. The lowest BCUT2D eigenvalue weighted by molar-refractivity contribution is -0.0132. The molecule has 8 heteroatoms. The van der Waals surface area contributed by atoms with Gasteiger partial charge in [0.05, 0.1) is 10.2 Å². The Kier molecular flexibility index (Phi) is 7.80. The van der Waals surface area contributed by atoms with E-state index in [0.717, 1.165) is 44.1 Å². The third-order valence-electron chi connectivity index (χ3n) is 9.02. The fourth-order valence-corrected chi connectivity index (χ4v) is 8.42. The molecule has 3 aliphatic carbocycles. The molecule has 2 saturated carbocycles. The van der Waals surface area contributed by atoms with E-state index in [1.165, 1.54) is 79.8 Å². The molecule has 3 atom stereocenters. The average Bonchev–Trinajstić information content (AvgIpc) is 3.51. The number of nitrogens with zero attached hydrogens (tertiary/aromatic N) is 3. The zero-order valence-corrected chi connectivity index (χ0v) is 22.5. The van der Waals surface area contributed by atoms with Gasteiger partial charge in [-0.05, 0) is 80.2 Å². The molecule has 2 saturated heterocycles. The summed E-state index contributed by atoms with van der Waals surface area (Å²) >= 11 is 1.93. The van der Waals surface area contributed by atoms with Gasteiger partial charge >= 0.3 is 0 Å². The highest BCUT2D eigenvalue weighted by Crippen LogP contribution is 2.56. The molecule has 4 fully saturated rings. The highest BCUT2D eigenvalue weighted by Gasteiger charge is 2.54. The van der Waals surface area contributed by atoms with Crippen LogP contribution in [-0.2, 0) is 11.8 Å². The first-order chi connectivity index (χ1) is 14.8. The Balaban J connectivity index is 0.000000864. The summed E-state index contributed by atoms with van der Waals surface area (Å²) in [7, 11) is 0. The summed E-state index contributed by atoms with van der Waals surface area (Å²) in [5.74, 6) is 1.89. The molecule has 0 amide bonds. The van der Waals surface area contributed by atoms with Crippen molar-refractivity contribution in [3.05, 3.63) is 23.3 Å². The van der Waals surface area contributed by atoms with Crippen molar-refractivity contribution in [3.63, 3.8) is 0 Å². The Morgan fingerprint density at radius 3 is 2.61 bits per heavy atom. The molecular formula is C25H37Cl3N4S. The Bertz CT molecular complexity index is 974. The molecule has 184 valence electrons. The molecule has 0 radical (unpaired) electrons. The SMILES string of the molecule is Cl.Cl.Cl.c1c2c(cc3sc(N4CCNCC4)nc13)C[C@@H]1[C@@H]3CCCC[C@]23CCN1CC1CC1.